The molecule has 6 nitrogen and oxygen atoms in total. The molecule has 1 aliphatic rings. The summed E-state index contributed by atoms with van der Waals surface area (Å²) < 4.78 is 33.0. The maximum absolute atomic E-state index is 12.6. The van der Waals surface area contributed by atoms with Crippen LogP contribution < -0.4 is 14.8 Å². The average Bonchev–Trinajstić information content (AvgIpc) is 3.24. The third kappa shape index (κ3) is 5.33. The fraction of sp³-hybridized carbons (Fsp3) is 0.450. The number of amides is 1. The molecule has 1 aromatic carbocycles. The van der Waals surface area contributed by atoms with E-state index >= 15 is 0 Å². The fourth-order valence-electron chi connectivity index (χ4n) is 3.43. The van der Waals surface area contributed by atoms with Gasteiger partial charge in [0.25, 0.3) is 0 Å². The lowest BCUT2D eigenvalue weighted by Crippen LogP contribution is -2.33. The molecule has 1 fully saturated rings. The van der Waals surface area contributed by atoms with Crippen molar-refractivity contribution in [3.05, 3.63) is 41.8 Å². The highest BCUT2D eigenvalue weighted by molar-refractivity contribution is 7.91. The summed E-state index contributed by atoms with van der Waals surface area (Å²) in [7, 11) is -3.42. The molecule has 0 radical (unpaired) electrons. The molecule has 0 atom stereocenters. The summed E-state index contributed by atoms with van der Waals surface area (Å²) >= 11 is 1.21. The number of carbonyl (C=O) groups excluding carboxylic acids is 1. The molecule has 0 spiro atoms. The monoisotopic (exact) mass is 422 g/mol. The summed E-state index contributed by atoms with van der Waals surface area (Å²) in [6, 6.07) is 10.8. The number of ether oxygens (including phenoxy) is 1. The van der Waals surface area contributed by atoms with Crippen LogP contribution in [0, 0.1) is 11.8 Å². The lowest BCUT2D eigenvalue weighted by Gasteiger charge is -2.28. The highest BCUT2D eigenvalue weighted by atomic mass is 32.2. The Kier molecular flexibility index (Phi) is 7.09. The molecular weight excluding hydrogens is 396 g/mol. The zero-order chi connectivity index (χ0) is 20.0. The molecule has 1 aromatic heterocycles. The predicted molar refractivity (Wildman–Crippen MR) is 111 cm³/mol. The Balaban J connectivity index is 1.48. The molecule has 28 heavy (non-hydrogen) atoms. The third-order valence-corrected chi connectivity index (χ3v) is 7.81. The minimum Gasteiger partial charge on any atom is -0.492 e. The maximum atomic E-state index is 12.6. The van der Waals surface area contributed by atoms with Gasteiger partial charge < -0.3 is 10.1 Å². The van der Waals surface area contributed by atoms with Gasteiger partial charge in [0.15, 0.2) is 0 Å². The maximum Gasteiger partial charge on any atom is 0.250 e. The van der Waals surface area contributed by atoms with E-state index in [9.17, 15) is 13.2 Å². The van der Waals surface area contributed by atoms with Crippen LogP contribution in [0.2, 0.25) is 0 Å². The van der Waals surface area contributed by atoms with Crippen molar-refractivity contribution in [3.8, 4) is 5.75 Å². The fourth-order valence-corrected chi connectivity index (χ4v) is 5.58. The van der Waals surface area contributed by atoms with E-state index in [1.807, 2.05) is 31.2 Å². The second-order valence-electron chi connectivity index (χ2n) is 6.92. The third-order valence-electron chi connectivity index (χ3n) is 4.98. The molecule has 1 aliphatic carbocycles. The Morgan fingerprint density at radius 2 is 1.89 bits per heavy atom. The number of hydrogen-bond acceptors (Lipinski definition) is 5. The van der Waals surface area contributed by atoms with Crippen molar-refractivity contribution >= 4 is 33.0 Å². The van der Waals surface area contributed by atoms with Gasteiger partial charge in [-0.05, 0) is 62.1 Å². The minimum atomic E-state index is -3.42. The average molecular weight is 423 g/mol. The Morgan fingerprint density at radius 3 is 2.57 bits per heavy atom. The van der Waals surface area contributed by atoms with Crippen LogP contribution >= 0.6 is 11.3 Å². The first-order valence-electron chi connectivity index (χ1n) is 9.55. The molecule has 0 saturated heterocycles. The van der Waals surface area contributed by atoms with Crippen LogP contribution in [0.1, 0.15) is 32.6 Å². The number of rotatable bonds is 8. The molecule has 1 heterocycles. The van der Waals surface area contributed by atoms with Crippen molar-refractivity contribution in [2.75, 3.05) is 18.5 Å². The minimum absolute atomic E-state index is 0.00442. The number of anilines is 1. The zero-order valence-corrected chi connectivity index (χ0v) is 17.5. The van der Waals surface area contributed by atoms with Crippen LogP contribution in [0.5, 0.6) is 5.75 Å². The predicted octanol–water partition coefficient (Wildman–Crippen LogP) is 3.87. The number of benzene rings is 1. The van der Waals surface area contributed by atoms with Crippen LogP contribution in [-0.4, -0.2) is 27.5 Å². The van der Waals surface area contributed by atoms with Gasteiger partial charge in [-0.15, -0.1) is 11.3 Å². The molecule has 0 aliphatic heterocycles. The van der Waals surface area contributed by atoms with E-state index in [1.54, 1.807) is 17.5 Å². The van der Waals surface area contributed by atoms with Crippen LogP contribution in [-0.2, 0) is 14.8 Å². The molecule has 3 rings (SSSR count). The normalized spacial score (nSPS) is 19.9. The van der Waals surface area contributed by atoms with E-state index in [-0.39, 0.29) is 17.7 Å². The Labute approximate surface area is 170 Å². The number of para-hydroxylation sites is 2. The van der Waals surface area contributed by atoms with Crippen molar-refractivity contribution in [1.82, 2.24) is 4.72 Å². The number of carbonyl (C=O) groups is 1. The first-order chi connectivity index (χ1) is 13.5. The van der Waals surface area contributed by atoms with Crippen molar-refractivity contribution in [2.45, 2.75) is 36.8 Å². The summed E-state index contributed by atoms with van der Waals surface area (Å²) in [5.74, 6) is 0.883. The zero-order valence-electron chi connectivity index (χ0n) is 15.9. The van der Waals surface area contributed by atoms with E-state index in [2.05, 4.69) is 10.0 Å². The van der Waals surface area contributed by atoms with Crippen LogP contribution in [0.25, 0.3) is 0 Å². The van der Waals surface area contributed by atoms with Gasteiger partial charge in [0.1, 0.15) is 9.96 Å². The highest BCUT2D eigenvalue weighted by Gasteiger charge is 2.28. The van der Waals surface area contributed by atoms with Gasteiger partial charge in [-0.3, -0.25) is 4.79 Å². The van der Waals surface area contributed by atoms with Gasteiger partial charge in [-0.2, -0.15) is 0 Å². The smallest absolute Gasteiger partial charge is 0.250 e. The Bertz CT molecular complexity index is 873. The summed E-state index contributed by atoms with van der Waals surface area (Å²) in [5, 5.41) is 4.73. The standard InChI is InChI=1S/C20H26N2O4S2/c1-2-26-18-7-4-3-6-17(18)22-20(23)16-11-9-15(10-12-16)14-21-28(24,25)19-8-5-13-27-19/h3-8,13,15-16,21H,2,9-12,14H2,1H3,(H,22,23). The second kappa shape index (κ2) is 9.54. The molecule has 2 N–H and O–H groups in total. The van der Waals surface area contributed by atoms with E-state index in [4.69, 9.17) is 4.74 Å². The van der Waals surface area contributed by atoms with Crippen LogP contribution in [0.4, 0.5) is 5.69 Å². The first kappa shape index (κ1) is 20.8. The first-order valence-corrected chi connectivity index (χ1v) is 11.9. The summed E-state index contributed by atoms with van der Waals surface area (Å²) in [5.41, 5.74) is 0.695. The Morgan fingerprint density at radius 1 is 1.14 bits per heavy atom. The molecule has 8 heteroatoms. The van der Waals surface area contributed by atoms with Gasteiger partial charge in [-0.1, -0.05) is 18.2 Å². The number of thiophene rings is 1. The largest absolute Gasteiger partial charge is 0.492 e. The van der Waals surface area contributed by atoms with Crippen molar-refractivity contribution in [2.24, 2.45) is 11.8 Å². The molecule has 1 amide bonds. The lowest BCUT2D eigenvalue weighted by molar-refractivity contribution is -0.121. The quantitative estimate of drug-likeness (QED) is 0.676. The van der Waals surface area contributed by atoms with Crippen molar-refractivity contribution in [1.29, 1.82) is 0 Å². The SMILES string of the molecule is CCOc1ccccc1NC(=O)C1CCC(CNS(=O)(=O)c2cccs2)CC1. The van der Waals surface area contributed by atoms with Crippen molar-refractivity contribution in [3.63, 3.8) is 0 Å². The molecule has 0 bridgehead atoms. The van der Waals surface area contributed by atoms with Gasteiger partial charge in [-0.25, -0.2) is 13.1 Å². The molecule has 2 aromatic rings. The number of sulfonamides is 1. The van der Waals surface area contributed by atoms with Gasteiger partial charge in [0.05, 0.1) is 12.3 Å². The lowest BCUT2D eigenvalue weighted by atomic mass is 9.81. The summed E-state index contributed by atoms with van der Waals surface area (Å²) in [6.45, 7) is 2.87. The number of hydrogen-bond donors (Lipinski definition) is 2. The van der Waals surface area contributed by atoms with Gasteiger partial charge >= 0.3 is 0 Å². The second-order valence-corrected chi connectivity index (χ2v) is 9.86. The van der Waals surface area contributed by atoms with E-state index in [0.29, 0.717) is 28.8 Å². The summed E-state index contributed by atoms with van der Waals surface area (Å²) in [4.78, 5) is 12.6. The van der Waals surface area contributed by atoms with Crippen LogP contribution in [0.15, 0.2) is 46.0 Å². The van der Waals surface area contributed by atoms with E-state index < -0.39 is 10.0 Å². The Hall–Kier alpha value is -1.90. The molecule has 0 unspecified atom stereocenters. The topological polar surface area (TPSA) is 84.5 Å². The van der Waals surface area contributed by atoms with Gasteiger partial charge in [0.2, 0.25) is 15.9 Å². The number of nitrogens with one attached hydrogen (secondary N) is 2. The molecule has 1 saturated carbocycles. The van der Waals surface area contributed by atoms with E-state index in [0.717, 1.165) is 25.7 Å². The molecule has 152 valence electrons. The highest BCUT2D eigenvalue weighted by Crippen LogP contribution is 2.31. The van der Waals surface area contributed by atoms with Crippen LogP contribution in [0.3, 0.4) is 0 Å². The van der Waals surface area contributed by atoms with Crippen molar-refractivity contribution < 1.29 is 17.9 Å². The van der Waals surface area contributed by atoms with Gasteiger partial charge in [0, 0.05) is 12.5 Å². The summed E-state index contributed by atoms with van der Waals surface area (Å²) in [6.07, 6.45) is 3.18. The van der Waals surface area contributed by atoms with E-state index in [1.165, 1.54) is 11.3 Å². The molecular formula is C20H26N2O4S2.